The standard InChI is InChI=1S/C24H21Cl2NO4/c25-19-10-6-11-20(26)23(19)27-21-12-5-4-9-17(21)13-22(28)31-18-14-29-24(30-15-18)16-7-2-1-3-8-16/h1-12,18,24,27H,13-15H2. The highest BCUT2D eigenvalue weighted by atomic mass is 35.5. The minimum atomic E-state index is -0.453. The summed E-state index contributed by atoms with van der Waals surface area (Å²) >= 11 is 12.5. The van der Waals surface area contributed by atoms with Gasteiger partial charge in [0.1, 0.15) is 6.10 Å². The lowest BCUT2D eigenvalue weighted by molar-refractivity contribution is -0.229. The normalized spacial score (nSPS) is 18.4. The summed E-state index contributed by atoms with van der Waals surface area (Å²) < 4.78 is 17.0. The Morgan fingerprint density at radius 2 is 1.55 bits per heavy atom. The van der Waals surface area contributed by atoms with Gasteiger partial charge in [0, 0.05) is 11.3 Å². The number of carbonyl (C=O) groups excluding carboxylic acids is 1. The van der Waals surface area contributed by atoms with E-state index in [4.69, 9.17) is 37.4 Å². The average Bonchev–Trinajstić information content (AvgIpc) is 2.78. The summed E-state index contributed by atoms with van der Waals surface area (Å²) in [5.41, 5.74) is 3.02. The Balaban J connectivity index is 1.35. The Morgan fingerprint density at radius 1 is 0.903 bits per heavy atom. The fraction of sp³-hybridized carbons (Fsp3) is 0.208. The number of hydrogen-bond acceptors (Lipinski definition) is 5. The van der Waals surface area contributed by atoms with Crippen LogP contribution in [0.4, 0.5) is 11.4 Å². The summed E-state index contributed by atoms with van der Waals surface area (Å²) in [4.78, 5) is 12.6. The average molecular weight is 458 g/mol. The molecule has 0 aliphatic carbocycles. The number of carbonyl (C=O) groups is 1. The number of para-hydroxylation sites is 2. The van der Waals surface area contributed by atoms with Crippen LogP contribution in [-0.4, -0.2) is 25.3 Å². The summed E-state index contributed by atoms with van der Waals surface area (Å²) in [5.74, 6) is -0.366. The molecule has 0 amide bonds. The van der Waals surface area contributed by atoms with E-state index in [0.717, 1.165) is 16.8 Å². The molecule has 0 aromatic heterocycles. The van der Waals surface area contributed by atoms with Gasteiger partial charge < -0.3 is 19.5 Å². The van der Waals surface area contributed by atoms with E-state index in [9.17, 15) is 4.79 Å². The van der Waals surface area contributed by atoms with Gasteiger partial charge in [0.05, 0.1) is 35.4 Å². The second kappa shape index (κ2) is 10.2. The van der Waals surface area contributed by atoms with Gasteiger partial charge in [0.2, 0.25) is 0 Å². The van der Waals surface area contributed by atoms with Crippen molar-refractivity contribution in [3.63, 3.8) is 0 Å². The first-order chi connectivity index (χ1) is 15.1. The van der Waals surface area contributed by atoms with Gasteiger partial charge in [-0.15, -0.1) is 0 Å². The monoisotopic (exact) mass is 457 g/mol. The van der Waals surface area contributed by atoms with Crippen LogP contribution in [0.5, 0.6) is 0 Å². The number of anilines is 2. The molecule has 1 heterocycles. The van der Waals surface area contributed by atoms with Gasteiger partial charge in [0.25, 0.3) is 0 Å². The maximum atomic E-state index is 12.6. The van der Waals surface area contributed by atoms with Crippen molar-refractivity contribution in [3.8, 4) is 0 Å². The highest BCUT2D eigenvalue weighted by Gasteiger charge is 2.26. The summed E-state index contributed by atoms with van der Waals surface area (Å²) in [5, 5.41) is 4.21. The lowest BCUT2D eigenvalue weighted by Gasteiger charge is -2.29. The Kier molecular flexibility index (Phi) is 7.10. The molecule has 0 spiro atoms. The van der Waals surface area contributed by atoms with E-state index in [1.165, 1.54) is 0 Å². The van der Waals surface area contributed by atoms with Crippen molar-refractivity contribution >= 4 is 40.5 Å². The zero-order valence-corrected chi connectivity index (χ0v) is 18.1. The van der Waals surface area contributed by atoms with Gasteiger partial charge in [-0.05, 0) is 23.8 Å². The Bertz CT molecular complexity index is 1020. The van der Waals surface area contributed by atoms with E-state index in [-0.39, 0.29) is 25.6 Å². The van der Waals surface area contributed by atoms with Gasteiger partial charge in [-0.1, -0.05) is 77.8 Å². The Labute approximate surface area is 190 Å². The number of hydrogen-bond donors (Lipinski definition) is 1. The number of nitrogens with one attached hydrogen (secondary N) is 1. The first-order valence-electron chi connectivity index (χ1n) is 9.86. The summed E-state index contributed by atoms with van der Waals surface area (Å²) in [6.45, 7) is 0.556. The quantitative estimate of drug-likeness (QED) is 0.464. The van der Waals surface area contributed by atoms with Crippen molar-refractivity contribution in [3.05, 3.63) is 94.0 Å². The third-order valence-corrected chi connectivity index (χ3v) is 5.44. The second-order valence-electron chi connectivity index (χ2n) is 7.08. The van der Waals surface area contributed by atoms with Crippen LogP contribution in [-0.2, 0) is 25.4 Å². The molecule has 1 aliphatic rings. The highest BCUT2D eigenvalue weighted by Crippen LogP contribution is 2.33. The van der Waals surface area contributed by atoms with Crippen molar-refractivity contribution < 1.29 is 19.0 Å². The Hall–Kier alpha value is -2.57. The summed E-state index contributed by atoms with van der Waals surface area (Å²) in [6, 6.07) is 22.4. The molecule has 1 N–H and O–H groups in total. The van der Waals surface area contributed by atoms with E-state index in [1.807, 2.05) is 54.6 Å². The summed E-state index contributed by atoms with van der Waals surface area (Å²) in [7, 11) is 0. The lowest BCUT2D eigenvalue weighted by Crippen LogP contribution is -2.35. The molecule has 5 nitrogen and oxygen atoms in total. The molecule has 0 radical (unpaired) electrons. The van der Waals surface area contributed by atoms with Crippen molar-refractivity contribution in [1.82, 2.24) is 0 Å². The fourth-order valence-electron chi connectivity index (χ4n) is 3.29. The van der Waals surface area contributed by atoms with Crippen LogP contribution in [0.2, 0.25) is 10.0 Å². The van der Waals surface area contributed by atoms with E-state index < -0.39 is 12.4 Å². The predicted molar refractivity (Wildman–Crippen MR) is 121 cm³/mol. The number of ether oxygens (including phenoxy) is 3. The zero-order chi connectivity index (χ0) is 21.6. The highest BCUT2D eigenvalue weighted by molar-refractivity contribution is 6.39. The van der Waals surface area contributed by atoms with Crippen LogP contribution >= 0.6 is 23.2 Å². The van der Waals surface area contributed by atoms with Gasteiger partial charge in [-0.3, -0.25) is 4.79 Å². The molecule has 0 unspecified atom stereocenters. The molecule has 0 bridgehead atoms. The molecule has 1 aliphatic heterocycles. The van der Waals surface area contributed by atoms with Gasteiger partial charge >= 0.3 is 5.97 Å². The van der Waals surface area contributed by atoms with E-state index in [2.05, 4.69) is 5.32 Å². The number of rotatable bonds is 6. The molecule has 31 heavy (non-hydrogen) atoms. The molecule has 1 fully saturated rings. The molecule has 160 valence electrons. The maximum Gasteiger partial charge on any atom is 0.310 e. The van der Waals surface area contributed by atoms with Crippen LogP contribution in [0.25, 0.3) is 0 Å². The predicted octanol–water partition coefficient (Wildman–Crippen LogP) is 5.94. The smallest absolute Gasteiger partial charge is 0.310 e. The molecular formula is C24H21Cl2NO4. The molecule has 0 atom stereocenters. The SMILES string of the molecule is O=C(Cc1ccccc1Nc1c(Cl)cccc1Cl)OC1COC(c2ccccc2)OC1. The van der Waals surface area contributed by atoms with E-state index >= 15 is 0 Å². The molecular weight excluding hydrogens is 437 g/mol. The maximum absolute atomic E-state index is 12.6. The third-order valence-electron chi connectivity index (χ3n) is 4.81. The van der Waals surface area contributed by atoms with Crippen LogP contribution in [0.1, 0.15) is 17.4 Å². The number of halogens is 2. The molecule has 0 saturated carbocycles. The largest absolute Gasteiger partial charge is 0.457 e. The lowest BCUT2D eigenvalue weighted by atomic mass is 10.1. The minimum absolute atomic E-state index is 0.0872. The van der Waals surface area contributed by atoms with Crippen LogP contribution < -0.4 is 5.32 Å². The zero-order valence-electron chi connectivity index (χ0n) is 16.6. The van der Waals surface area contributed by atoms with Gasteiger partial charge in [-0.25, -0.2) is 0 Å². The molecule has 3 aromatic carbocycles. The Morgan fingerprint density at radius 3 is 2.26 bits per heavy atom. The second-order valence-corrected chi connectivity index (χ2v) is 7.89. The molecule has 3 aromatic rings. The van der Waals surface area contributed by atoms with E-state index in [1.54, 1.807) is 18.2 Å². The third kappa shape index (κ3) is 5.57. The summed E-state index contributed by atoms with van der Waals surface area (Å²) in [6.07, 6.45) is -0.809. The fourth-order valence-corrected chi connectivity index (χ4v) is 3.78. The van der Waals surface area contributed by atoms with E-state index in [0.29, 0.717) is 15.7 Å². The van der Waals surface area contributed by atoms with Crippen LogP contribution in [0, 0.1) is 0 Å². The topological polar surface area (TPSA) is 56.8 Å². The number of esters is 1. The van der Waals surface area contributed by atoms with Crippen LogP contribution in [0.3, 0.4) is 0 Å². The van der Waals surface area contributed by atoms with Crippen molar-refractivity contribution in [2.75, 3.05) is 18.5 Å². The van der Waals surface area contributed by atoms with Crippen molar-refractivity contribution in [2.24, 2.45) is 0 Å². The minimum Gasteiger partial charge on any atom is -0.457 e. The number of benzene rings is 3. The van der Waals surface area contributed by atoms with Crippen molar-refractivity contribution in [2.45, 2.75) is 18.8 Å². The first kappa shape index (κ1) is 21.7. The van der Waals surface area contributed by atoms with Crippen molar-refractivity contribution in [1.29, 1.82) is 0 Å². The molecule has 1 saturated heterocycles. The van der Waals surface area contributed by atoms with Gasteiger partial charge in [-0.2, -0.15) is 0 Å². The first-order valence-corrected chi connectivity index (χ1v) is 10.6. The van der Waals surface area contributed by atoms with Gasteiger partial charge in [0.15, 0.2) is 6.29 Å². The van der Waals surface area contributed by atoms with Crippen LogP contribution in [0.15, 0.2) is 72.8 Å². The molecule has 4 rings (SSSR count). The molecule has 7 heteroatoms.